The van der Waals surface area contributed by atoms with Gasteiger partial charge in [0.1, 0.15) is 5.75 Å². The summed E-state index contributed by atoms with van der Waals surface area (Å²) in [6, 6.07) is 21.6. The molecular weight excluding hydrogens is 426 g/mol. The van der Waals surface area contributed by atoms with Crippen molar-refractivity contribution in [3.63, 3.8) is 0 Å². The van der Waals surface area contributed by atoms with Crippen molar-refractivity contribution in [1.82, 2.24) is 9.80 Å². The summed E-state index contributed by atoms with van der Waals surface area (Å²) in [7, 11) is 1.74. The number of ether oxygens (including phenoxy) is 1. The van der Waals surface area contributed by atoms with E-state index in [0.29, 0.717) is 0 Å². The SMILES string of the molecule is CCCCCN1CCCN(Cc2ccc(OC)c(NSc3ccc4ccccc4c3)c2)CC1. The Hall–Kier alpha value is -2.21. The molecule has 1 heterocycles. The molecule has 176 valence electrons. The topological polar surface area (TPSA) is 27.7 Å². The van der Waals surface area contributed by atoms with Crippen molar-refractivity contribution in [2.75, 3.05) is 44.6 Å². The molecule has 0 unspecified atom stereocenters. The number of methoxy groups -OCH3 is 1. The summed E-state index contributed by atoms with van der Waals surface area (Å²) in [4.78, 5) is 6.44. The van der Waals surface area contributed by atoms with Crippen molar-refractivity contribution < 1.29 is 4.74 Å². The summed E-state index contributed by atoms with van der Waals surface area (Å²) in [5.41, 5.74) is 2.36. The Bertz CT molecular complexity index is 1020. The third kappa shape index (κ3) is 6.89. The average molecular weight is 464 g/mol. The lowest BCUT2D eigenvalue weighted by Gasteiger charge is -2.22. The molecule has 0 saturated carbocycles. The van der Waals surface area contributed by atoms with E-state index < -0.39 is 0 Å². The molecule has 1 aliphatic heterocycles. The first-order valence-electron chi connectivity index (χ1n) is 12.3. The Morgan fingerprint density at radius 1 is 0.879 bits per heavy atom. The molecule has 0 bridgehead atoms. The van der Waals surface area contributed by atoms with Crippen LogP contribution in [0.2, 0.25) is 0 Å². The van der Waals surface area contributed by atoms with Gasteiger partial charge in [-0.15, -0.1) is 0 Å². The number of benzene rings is 3. The smallest absolute Gasteiger partial charge is 0.142 e. The molecule has 4 rings (SSSR count). The lowest BCUT2D eigenvalue weighted by Crippen LogP contribution is -2.31. The first kappa shape index (κ1) is 23.9. The molecule has 0 spiro atoms. The Labute approximate surface area is 203 Å². The van der Waals surface area contributed by atoms with Gasteiger partial charge in [0.2, 0.25) is 0 Å². The normalized spacial score (nSPS) is 15.5. The highest BCUT2D eigenvalue weighted by molar-refractivity contribution is 8.00. The fraction of sp³-hybridized carbons (Fsp3) is 0.429. The lowest BCUT2D eigenvalue weighted by molar-refractivity contribution is 0.249. The zero-order valence-corrected chi connectivity index (χ0v) is 20.9. The standard InChI is InChI=1S/C28H37N3OS/c1-3-4-7-15-30-16-8-17-31(19-18-30)22-23-11-14-28(32-2)27(20-23)29-33-26-13-12-24-9-5-6-10-25(24)21-26/h5-6,9-14,20-21,29H,3-4,7-8,15-19,22H2,1-2H3. The van der Waals surface area contributed by atoms with Gasteiger partial charge in [0.05, 0.1) is 12.8 Å². The second kappa shape index (κ2) is 12.3. The number of nitrogens with zero attached hydrogens (tertiary/aromatic N) is 2. The van der Waals surface area contributed by atoms with Crippen LogP contribution in [-0.4, -0.2) is 49.6 Å². The number of rotatable bonds is 10. The van der Waals surface area contributed by atoms with E-state index in [1.807, 2.05) is 0 Å². The van der Waals surface area contributed by atoms with Gasteiger partial charge in [0.15, 0.2) is 0 Å². The van der Waals surface area contributed by atoms with E-state index in [4.69, 9.17) is 4.74 Å². The molecule has 1 N–H and O–H groups in total. The fourth-order valence-electron chi connectivity index (χ4n) is 4.53. The Kier molecular flexibility index (Phi) is 8.93. The van der Waals surface area contributed by atoms with Gasteiger partial charge in [0.25, 0.3) is 0 Å². The molecule has 0 radical (unpaired) electrons. The minimum absolute atomic E-state index is 0.880. The van der Waals surface area contributed by atoms with Gasteiger partial charge in [-0.2, -0.15) is 0 Å². The zero-order chi connectivity index (χ0) is 22.9. The van der Waals surface area contributed by atoms with Gasteiger partial charge >= 0.3 is 0 Å². The van der Waals surface area contributed by atoms with Crippen LogP contribution in [0.25, 0.3) is 10.8 Å². The van der Waals surface area contributed by atoms with E-state index in [2.05, 4.69) is 82.1 Å². The number of anilines is 1. The van der Waals surface area contributed by atoms with Crippen LogP contribution in [0.5, 0.6) is 5.75 Å². The largest absolute Gasteiger partial charge is 0.495 e. The van der Waals surface area contributed by atoms with Crippen LogP contribution in [0.1, 0.15) is 38.2 Å². The van der Waals surface area contributed by atoms with E-state index in [1.165, 1.54) is 73.1 Å². The molecule has 4 nitrogen and oxygen atoms in total. The minimum Gasteiger partial charge on any atom is -0.495 e. The van der Waals surface area contributed by atoms with E-state index in [-0.39, 0.29) is 0 Å². The summed E-state index contributed by atoms with van der Waals surface area (Å²) in [6.07, 6.45) is 5.23. The molecule has 5 heteroatoms. The molecule has 3 aromatic carbocycles. The number of hydrogen-bond acceptors (Lipinski definition) is 5. The summed E-state index contributed by atoms with van der Waals surface area (Å²) in [5.74, 6) is 0.880. The summed E-state index contributed by atoms with van der Waals surface area (Å²) in [6.45, 7) is 9.26. The number of fused-ring (bicyclic) bond motifs is 1. The van der Waals surface area contributed by atoms with Crippen molar-refractivity contribution in [1.29, 1.82) is 0 Å². The highest BCUT2D eigenvalue weighted by Gasteiger charge is 2.15. The summed E-state index contributed by atoms with van der Waals surface area (Å²) >= 11 is 1.64. The van der Waals surface area contributed by atoms with Gasteiger partial charge < -0.3 is 14.4 Å². The fourth-order valence-corrected chi connectivity index (χ4v) is 5.24. The zero-order valence-electron chi connectivity index (χ0n) is 20.1. The molecule has 0 atom stereocenters. The monoisotopic (exact) mass is 463 g/mol. The number of unbranched alkanes of at least 4 members (excludes halogenated alkanes) is 2. The maximum absolute atomic E-state index is 5.63. The predicted octanol–water partition coefficient (Wildman–Crippen LogP) is 6.67. The first-order chi connectivity index (χ1) is 16.2. The molecule has 1 fully saturated rings. The van der Waals surface area contributed by atoms with Crippen molar-refractivity contribution in [2.45, 2.75) is 44.0 Å². The molecule has 33 heavy (non-hydrogen) atoms. The second-order valence-corrected chi connectivity index (χ2v) is 9.81. The molecule has 1 aliphatic rings. The van der Waals surface area contributed by atoms with Gasteiger partial charge in [-0.1, -0.05) is 56.2 Å². The van der Waals surface area contributed by atoms with Crippen LogP contribution in [0, 0.1) is 0 Å². The highest BCUT2D eigenvalue weighted by atomic mass is 32.2. The van der Waals surface area contributed by atoms with Gasteiger partial charge in [-0.3, -0.25) is 4.90 Å². The van der Waals surface area contributed by atoms with Crippen molar-refractivity contribution in [3.8, 4) is 5.75 Å². The van der Waals surface area contributed by atoms with E-state index in [1.54, 1.807) is 19.1 Å². The molecule has 3 aromatic rings. The van der Waals surface area contributed by atoms with Crippen LogP contribution in [0.4, 0.5) is 5.69 Å². The van der Waals surface area contributed by atoms with Crippen LogP contribution in [-0.2, 0) is 6.54 Å². The predicted molar refractivity (Wildman–Crippen MR) is 142 cm³/mol. The Morgan fingerprint density at radius 3 is 2.55 bits per heavy atom. The van der Waals surface area contributed by atoms with Crippen LogP contribution < -0.4 is 9.46 Å². The molecular formula is C28H37N3OS. The summed E-state index contributed by atoms with van der Waals surface area (Å²) in [5, 5.41) is 2.53. The molecule has 0 aliphatic carbocycles. The third-order valence-corrected chi connectivity index (χ3v) is 7.24. The molecule has 0 amide bonds. The molecule has 1 saturated heterocycles. The second-order valence-electron chi connectivity index (χ2n) is 8.93. The van der Waals surface area contributed by atoms with Crippen LogP contribution >= 0.6 is 11.9 Å². The van der Waals surface area contributed by atoms with E-state index >= 15 is 0 Å². The van der Waals surface area contributed by atoms with E-state index in [9.17, 15) is 0 Å². The van der Waals surface area contributed by atoms with Gasteiger partial charge in [-0.25, -0.2) is 0 Å². The minimum atomic E-state index is 0.880. The van der Waals surface area contributed by atoms with Gasteiger partial charge in [0, 0.05) is 24.5 Å². The Balaban J connectivity index is 1.37. The van der Waals surface area contributed by atoms with Crippen molar-refractivity contribution in [2.24, 2.45) is 0 Å². The van der Waals surface area contributed by atoms with Crippen molar-refractivity contribution >= 4 is 28.4 Å². The molecule has 0 aromatic heterocycles. The summed E-state index contributed by atoms with van der Waals surface area (Å²) < 4.78 is 9.17. The quantitative estimate of drug-likeness (QED) is 0.268. The maximum atomic E-state index is 5.63. The maximum Gasteiger partial charge on any atom is 0.142 e. The van der Waals surface area contributed by atoms with Gasteiger partial charge in [-0.05, 0) is 85.0 Å². The lowest BCUT2D eigenvalue weighted by atomic mass is 10.1. The first-order valence-corrected chi connectivity index (χ1v) is 13.1. The van der Waals surface area contributed by atoms with Crippen LogP contribution in [0.3, 0.4) is 0 Å². The van der Waals surface area contributed by atoms with E-state index in [0.717, 1.165) is 24.5 Å². The Morgan fingerprint density at radius 2 is 1.70 bits per heavy atom. The number of nitrogens with one attached hydrogen (secondary N) is 1. The highest BCUT2D eigenvalue weighted by Crippen LogP contribution is 2.32. The van der Waals surface area contributed by atoms with Crippen LogP contribution in [0.15, 0.2) is 65.6 Å². The van der Waals surface area contributed by atoms with Crippen molar-refractivity contribution in [3.05, 3.63) is 66.2 Å². The average Bonchev–Trinajstić information content (AvgIpc) is 3.08. The number of hydrogen-bond donors (Lipinski definition) is 1. The third-order valence-electron chi connectivity index (χ3n) is 6.43.